The predicted octanol–water partition coefficient (Wildman–Crippen LogP) is 0.339. The van der Waals surface area contributed by atoms with Gasteiger partial charge in [0.1, 0.15) is 6.04 Å². The largest absolute Gasteiger partial charge is 0.383 e. The van der Waals surface area contributed by atoms with Gasteiger partial charge in [0, 0.05) is 46.7 Å². The van der Waals surface area contributed by atoms with Crippen LogP contribution in [0, 0.1) is 0 Å². The number of pyridine rings is 1. The summed E-state index contributed by atoms with van der Waals surface area (Å²) in [4.78, 5) is 44.5. The topological polar surface area (TPSA) is 83.0 Å². The normalized spacial score (nSPS) is 17.5. The molecule has 0 radical (unpaired) electrons. The summed E-state index contributed by atoms with van der Waals surface area (Å²) in [5.41, 5.74) is 0.939. The smallest absolute Gasteiger partial charge is 0.326 e. The zero-order valence-electron chi connectivity index (χ0n) is 14.1. The molecule has 1 aromatic heterocycles. The summed E-state index contributed by atoms with van der Waals surface area (Å²) < 4.78 is 5.06. The molecule has 1 unspecified atom stereocenters. The lowest BCUT2D eigenvalue weighted by molar-refractivity contribution is -0.137. The van der Waals surface area contributed by atoms with E-state index in [9.17, 15) is 14.4 Å². The molecule has 1 aromatic rings. The van der Waals surface area contributed by atoms with Crippen LogP contribution in [-0.2, 0) is 20.9 Å². The molecule has 1 aliphatic heterocycles. The van der Waals surface area contributed by atoms with Gasteiger partial charge in [0.25, 0.3) is 5.91 Å². The molecule has 24 heavy (non-hydrogen) atoms. The molecule has 0 bridgehead atoms. The van der Waals surface area contributed by atoms with Crippen molar-refractivity contribution in [2.45, 2.75) is 19.0 Å². The second-order valence-electron chi connectivity index (χ2n) is 5.67. The van der Waals surface area contributed by atoms with Crippen molar-refractivity contribution in [2.75, 3.05) is 34.4 Å². The Bertz CT molecular complexity index is 607. The first-order chi connectivity index (χ1) is 11.5. The number of hydrogen-bond donors (Lipinski definition) is 0. The molecule has 130 valence electrons. The number of methoxy groups -OCH3 is 1. The third-order valence-electron chi connectivity index (χ3n) is 4.08. The molecule has 0 N–H and O–H groups in total. The molecule has 1 atom stereocenters. The van der Waals surface area contributed by atoms with E-state index in [2.05, 4.69) is 4.98 Å². The molecule has 1 fully saturated rings. The minimum absolute atomic E-state index is 0.0415. The number of nitrogens with zero attached hydrogens (tertiary/aromatic N) is 4. The van der Waals surface area contributed by atoms with Crippen molar-refractivity contribution in [1.29, 1.82) is 0 Å². The first-order valence-electron chi connectivity index (χ1n) is 7.65. The lowest BCUT2D eigenvalue weighted by atomic mass is 10.1. The maximum Gasteiger partial charge on any atom is 0.326 e. The summed E-state index contributed by atoms with van der Waals surface area (Å²) in [5, 5.41) is 0. The van der Waals surface area contributed by atoms with Crippen LogP contribution in [0.3, 0.4) is 0 Å². The van der Waals surface area contributed by atoms with E-state index < -0.39 is 12.1 Å². The average molecular weight is 334 g/mol. The molecular formula is C16H22N4O4. The maximum atomic E-state index is 12.7. The first-order valence-corrected chi connectivity index (χ1v) is 7.65. The minimum Gasteiger partial charge on any atom is -0.383 e. The highest BCUT2D eigenvalue weighted by Gasteiger charge is 2.42. The van der Waals surface area contributed by atoms with E-state index in [1.807, 2.05) is 12.1 Å². The van der Waals surface area contributed by atoms with Gasteiger partial charge in [-0.3, -0.25) is 19.5 Å². The zero-order chi connectivity index (χ0) is 17.7. The van der Waals surface area contributed by atoms with Crippen molar-refractivity contribution >= 4 is 17.8 Å². The summed E-state index contributed by atoms with van der Waals surface area (Å²) in [6.07, 6.45) is 3.28. The fraction of sp³-hybridized carbons (Fsp3) is 0.500. The molecule has 8 nitrogen and oxygen atoms in total. The van der Waals surface area contributed by atoms with Crippen LogP contribution in [-0.4, -0.2) is 77.9 Å². The van der Waals surface area contributed by atoms with Crippen LogP contribution in [0.5, 0.6) is 0 Å². The summed E-state index contributed by atoms with van der Waals surface area (Å²) in [6, 6.07) is 2.52. The number of urea groups is 1. The Labute approximate surface area is 141 Å². The van der Waals surface area contributed by atoms with Gasteiger partial charge in [-0.2, -0.15) is 0 Å². The van der Waals surface area contributed by atoms with E-state index in [4.69, 9.17) is 4.74 Å². The Morgan fingerprint density at radius 2 is 1.96 bits per heavy atom. The van der Waals surface area contributed by atoms with Crippen LogP contribution in [0.4, 0.5) is 4.79 Å². The Balaban J connectivity index is 2.07. The highest BCUT2D eigenvalue weighted by atomic mass is 16.5. The third-order valence-corrected chi connectivity index (χ3v) is 4.08. The van der Waals surface area contributed by atoms with Crippen LogP contribution in [0.2, 0.25) is 0 Å². The highest BCUT2D eigenvalue weighted by molar-refractivity contribution is 6.05. The third kappa shape index (κ3) is 3.88. The number of likely N-dealkylation sites (N-methyl/N-ethyl adjacent to an activating group) is 2. The summed E-state index contributed by atoms with van der Waals surface area (Å²) in [7, 11) is 4.52. The first kappa shape index (κ1) is 17.9. The standard InChI is InChI=1S/C16H22N4O4/c1-18-13(15(22)19(2)16(18)23)10-14(21)20(8-9-24-3)11-12-4-6-17-7-5-12/h4-7,13H,8-11H2,1-3H3. The molecular weight excluding hydrogens is 312 g/mol. The van der Waals surface area contributed by atoms with Gasteiger partial charge in [-0.25, -0.2) is 4.79 Å². The summed E-state index contributed by atoms with van der Waals surface area (Å²) >= 11 is 0. The molecule has 0 aromatic carbocycles. The van der Waals surface area contributed by atoms with Crippen LogP contribution in [0.25, 0.3) is 0 Å². The summed E-state index contributed by atoms with van der Waals surface area (Å²) in [5.74, 6) is -0.552. The fourth-order valence-electron chi connectivity index (χ4n) is 2.57. The Kier molecular flexibility index (Phi) is 5.86. The number of ether oxygens (including phenoxy) is 1. The van der Waals surface area contributed by atoms with E-state index in [-0.39, 0.29) is 18.2 Å². The number of carbonyl (C=O) groups excluding carboxylic acids is 3. The van der Waals surface area contributed by atoms with Crippen molar-refractivity contribution in [2.24, 2.45) is 0 Å². The van der Waals surface area contributed by atoms with Gasteiger partial charge < -0.3 is 14.5 Å². The van der Waals surface area contributed by atoms with Gasteiger partial charge >= 0.3 is 6.03 Å². The molecule has 0 aliphatic carbocycles. The van der Waals surface area contributed by atoms with Gasteiger partial charge in [0.05, 0.1) is 13.0 Å². The van der Waals surface area contributed by atoms with Gasteiger partial charge in [-0.1, -0.05) is 0 Å². The van der Waals surface area contributed by atoms with Gasteiger partial charge in [-0.15, -0.1) is 0 Å². The molecule has 0 saturated carbocycles. The van der Waals surface area contributed by atoms with E-state index >= 15 is 0 Å². The molecule has 0 spiro atoms. The second-order valence-corrected chi connectivity index (χ2v) is 5.67. The Hall–Kier alpha value is -2.48. The van der Waals surface area contributed by atoms with Crippen molar-refractivity contribution in [1.82, 2.24) is 19.7 Å². The number of amides is 4. The lowest BCUT2D eigenvalue weighted by Crippen LogP contribution is -2.40. The van der Waals surface area contributed by atoms with Gasteiger partial charge in [-0.05, 0) is 17.7 Å². The molecule has 8 heteroatoms. The molecule has 2 heterocycles. The SMILES string of the molecule is COCCN(Cc1ccncc1)C(=O)CC1C(=O)N(C)C(=O)N1C. The maximum absolute atomic E-state index is 12.7. The van der Waals surface area contributed by atoms with Gasteiger partial charge in [0.2, 0.25) is 5.91 Å². The van der Waals surface area contributed by atoms with Crippen LogP contribution < -0.4 is 0 Å². The average Bonchev–Trinajstić information content (AvgIpc) is 2.77. The van der Waals surface area contributed by atoms with Crippen LogP contribution in [0.15, 0.2) is 24.5 Å². The minimum atomic E-state index is -0.752. The number of carbonyl (C=O) groups is 3. The monoisotopic (exact) mass is 334 g/mol. The number of imide groups is 1. The zero-order valence-corrected chi connectivity index (χ0v) is 14.1. The van der Waals surface area contributed by atoms with Gasteiger partial charge in [0.15, 0.2) is 0 Å². The molecule has 2 rings (SSSR count). The lowest BCUT2D eigenvalue weighted by Gasteiger charge is -2.25. The van der Waals surface area contributed by atoms with E-state index in [0.717, 1.165) is 10.5 Å². The van der Waals surface area contributed by atoms with Crippen LogP contribution >= 0.6 is 0 Å². The fourth-order valence-corrected chi connectivity index (χ4v) is 2.57. The Morgan fingerprint density at radius 1 is 1.29 bits per heavy atom. The van der Waals surface area contributed by atoms with Crippen molar-refractivity contribution < 1.29 is 19.1 Å². The van der Waals surface area contributed by atoms with E-state index in [1.54, 1.807) is 24.4 Å². The van der Waals surface area contributed by atoms with Crippen molar-refractivity contribution in [3.8, 4) is 0 Å². The highest BCUT2D eigenvalue weighted by Crippen LogP contribution is 2.18. The van der Waals surface area contributed by atoms with Crippen LogP contribution in [0.1, 0.15) is 12.0 Å². The second kappa shape index (κ2) is 7.87. The Morgan fingerprint density at radius 3 is 2.50 bits per heavy atom. The summed E-state index contributed by atoms with van der Waals surface area (Å²) in [6.45, 7) is 1.20. The molecule has 4 amide bonds. The van der Waals surface area contributed by atoms with E-state index in [0.29, 0.717) is 19.7 Å². The number of rotatable bonds is 7. The van der Waals surface area contributed by atoms with Crippen molar-refractivity contribution in [3.63, 3.8) is 0 Å². The molecule has 1 aliphatic rings. The number of aromatic nitrogens is 1. The molecule has 1 saturated heterocycles. The van der Waals surface area contributed by atoms with E-state index in [1.165, 1.54) is 19.0 Å². The quantitative estimate of drug-likeness (QED) is 0.672. The van der Waals surface area contributed by atoms with Crippen molar-refractivity contribution in [3.05, 3.63) is 30.1 Å². The number of hydrogen-bond acceptors (Lipinski definition) is 5. The predicted molar refractivity (Wildman–Crippen MR) is 85.9 cm³/mol.